The van der Waals surface area contributed by atoms with Gasteiger partial charge in [0.05, 0.1) is 12.6 Å². The molecule has 3 unspecified atom stereocenters. The second kappa shape index (κ2) is 7.98. The van der Waals surface area contributed by atoms with Gasteiger partial charge in [-0.3, -0.25) is 4.79 Å². The Kier molecular flexibility index (Phi) is 6.93. The molecule has 1 rings (SSSR count). The van der Waals surface area contributed by atoms with Gasteiger partial charge < -0.3 is 15.3 Å². The number of carbonyl (C=O) groups excluding carboxylic acids is 1. The van der Waals surface area contributed by atoms with E-state index >= 15 is 0 Å². The Balaban J connectivity index is 2.63. The van der Waals surface area contributed by atoms with Crippen LogP contribution in [0.3, 0.4) is 0 Å². The molecule has 124 valence electrons. The van der Waals surface area contributed by atoms with E-state index in [1.54, 1.807) is 11.8 Å². The van der Waals surface area contributed by atoms with E-state index in [0.29, 0.717) is 38.8 Å². The van der Waals surface area contributed by atoms with Gasteiger partial charge in [0, 0.05) is 25.6 Å². The molecule has 4 nitrogen and oxygen atoms in total. The molecular weight excluding hydrogens is 285 g/mol. The average Bonchev–Trinajstić information content (AvgIpc) is 2.43. The van der Waals surface area contributed by atoms with E-state index in [0.717, 1.165) is 0 Å². The van der Waals surface area contributed by atoms with Crippen LogP contribution in [-0.2, 0) is 4.79 Å². The number of aliphatic hydroxyl groups excluding tert-OH is 1. The van der Waals surface area contributed by atoms with Crippen molar-refractivity contribution < 1.29 is 23.1 Å². The number of nitrogens with zero attached hydrogens (tertiary/aromatic N) is 1. The Bertz CT molecular complexity index is 337. The van der Waals surface area contributed by atoms with Gasteiger partial charge in [0.25, 0.3) is 0 Å². The normalized spacial score (nSPS) is 25.0. The maximum Gasteiger partial charge on any atom is 0.401 e. The molecule has 0 saturated carbocycles. The van der Waals surface area contributed by atoms with Gasteiger partial charge in [-0.1, -0.05) is 13.8 Å². The highest BCUT2D eigenvalue weighted by atomic mass is 19.4. The maximum atomic E-state index is 12.3. The van der Waals surface area contributed by atoms with Crippen molar-refractivity contribution in [3.63, 3.8) is 0 Å². The molecule has 0 radical (unpaired) electrons. The lowest BCUT2D eigenvalue weighted by Gasteiger charge is -2.39. The molecule has 0 bridgehead atoms. The number of likely N-dealkylation sites (tertiary alicyclic amines) is 1. The number of carbonyl (C=O) groups is 1. The molecule has 3 atom stereocenters. The van der Waals surface area contributed by atoms with Gasteiger partial charge >= 0.3 is 6.18 Å². The lowest BCUT2D eigenvalue weighted by atomic mass is 9.88. The van der Waals surface area contributed by atoms with Gasteiger partial charge in [0.2, 0.25) is 5.91 Å². The van der Waals surface area contributed by atoms with Crippen LogP contribution >= 0.6 is 0 Å². The maximum absolute atomic E-state index is 12.3. The second-order valence-electron chi connectivity index (χ2n) is 5.74. The van der Waals surface area contributed by atoms with Gasteiger partial charge in [0.15, 0.2) is 0 Å². The highest BCUT2D eigenvalue weighted by molar-refractivity contribution is 5.76. The first-order valence-corrected chi connectivity index (χ1v) is 7.51. The van der Waals surface area contributed by atoms with E-state index in [-0.39, 0.29) is 17.9 Å². The summed E-state index contributed by atoms with van der Waals surface area (Å²) in [7, 11) is 0. The molecule has 21 heavy (non-hydrogen) atoms. The SMILES string of the molecule is CCC(=O)N1CC(CC(O)CC)CC(NCC(F)(F)F)C1. The van der Waals surface area contributed by atoms with Crippen molar-refractivity contribution >= 4 is 5.91 Å². The number of halogens is 3. The highest BCUT2D eigenvalue weighted by Crippen LogP contribution is 2.24. The Labute approximate surface area is 123 Å². The van der Waals surface area contributed by atoms with E-state index in [4.69, 9.17) is 0 Å². The van der Waals surface area contributed by atoms with Crippen LogP contribution in [0.25, 0.3) is 0 Å². The molecule has 1 heterocycles. The first-order valence-electron chi connectivity index (χ1n) is 7.51. The molecule has 1 fully saturated rings. The molecule has 2 N–H and O–H groups in total. The number of aliphatic hydroxyl groups is 1. The van der Waals surface area contributed by atoms with Gasteiger partial charge in [0.1, 0.15) is 0 Å². The summed E-state index contributed by atoms with van der Waals surface area (Å²) in [4.78, 5) is 13.4. The third kappa shape index (κ3) is 6.65. The molecule has 1 aliphatic heterocycles. The highest BCUT2D eigenvalue weighted by Gasteiger charge is 2.33. The molecule has 0 spiro atoms. The van der Waals surface area contributed by atoms with Crippen molar-refractivity contribution in [2.75, 3.05) is 19.6 Å². The summed E-state index contributed by atoms with van der Waals surface area (Å²) in [5, 5.41) is 12.2. The van der Waals surface area contributed by atoms with Gasteiger partial charge in [-0.25, -0.2) is 0 Å². The first-order chi connectivity index (χ1) is 9.75. The fourth-order valence-electron chi connectivity index (χ4n) is 2.76. The number of hydrogen-bond donors (Lipinski definition) is 2. The first kappa shape index (κ1) is 18.2. The number of alkyl halides is 3. The van der Waals surface area contributed by atoms with Crippen molar-refractivity contribution in [2.24, 2.45) is 5.92 Å². The van der Waals surface area contributed by atoms with Crippen molar-refractivity contribution in [3.8, 4) is 0 Å². The lowest BCUT2D eigenvalue weighted by Crippen LogP contribution is -2.53. The molecule has 7 heteroatoms. The predicted octanol–water partition coefficient (Wildman–Crippen LogP) is 1.93. The Morgan fingerprint density at radius 1 is 1.38 bits per heavy atom. The van der Waals surface area contributed by atoms with Crippen LogP contribution in [0, 0.1) is 5.92 Å². The standard InChI is InChI=1S/C14H25F3N2O2/c1-3-12(20)6-10-5-11(18-9-14(15,16)17)8-19(7-10)13(21)4-2/h10-12,18,20H,3-9H2,1-2H3. The van der Waals surface area contributed by atoms with Gasteiger partial charge in [-0.2, -0.15) is 13.2 Å². The zero-order valence-electron chi connectivity index (χ0n) is 12.6. The lowest BCUT2D eigenvalue weighted by molar-refractivity contribution is -0.135. The van der Waals surface area contributed by atoms with Gasteiger partial charge in [-0.05, 0) is 25.2 Å². The number of hydrogen-bond acceptors (Lipinski definition) is 3. The van der Waals surface area contributed by atoms with Crippen LogP contribution < -0.4 is 5.32 Å². The Morgan fingerprint density at radius 3 is 2.57 bits per heavy atom. The van der Waals surface area contributed by atoms with Gasteiger partial charge in [-0.15, -0.1) is 0 Å². The smallest absolute Gasteiger partial charge is 0.393 e. The van der Waals surface area contributed by atoms with Crippen molar-refractivity contribution in [2.45, 2.75) is 57.9 Å². The molecule has 0 aromatic carbocycles. The predicted molar refractivity (Wildman–Crippen MR) is 73.7 cm³/mol. The molecule has 0 aliphatic carbocycles. The molecule has 1 aliphatic rings. The molecule has 1 saturated heterocycles. The number of piperidine rings is 1. The molecule has 0 aromatic heterocycles. The molecule has 1 amide bonds. The largest absolute Gasteiger partial charge is 0.401 e. The van der Waals surface area contributed by atoms with Crippen LogP contribution in [0.2, 0.25) is 0 Å². The minimum Gasteiger partial charge on any atom is -0.393 e. The molecular formula is C14H25F3N2O2. The van der Waals surface area contributed by atoms with Crippen molar-refractivity contribution in [3.05, 3.63) is 0 Å². The fourth-order valence-corrected chi connectivity index (χ4v) is 2.76. The second-order valence-corrected chi connectivity index (χ2v) is 5.74. The zero-order valence-corrected chi connectivity index (χ0v) is 12.6. The summed E-state index contributed by atoms with van der Waals surface area (Å²) in [6, 6.07) is -0.370. The van der Waals surface area contributed by atoms with Crippen LogP contribution in [0.5, 0.6) is 0 Å². The summed E-state index contributed by atoms with van der Waals surface area (Å²) < 4.78 is 36.9. The van der Waals surface area contributed by atoms with E-state index in [1.807, 2.05) is 6.92 Å². The van der Waals surface area contributed by atoms with E-state index in [1.165, 1.54) is 0 Å². The van der Waals surface area contributed by atoms with Crippen molar-refractivity contribution in [1.82, 2.24) is 10.2 Å². The third-order valence-electron chi connectivity index (χ3n) is 3.86. The number of amides is 1. The van der Waals surface area contributed by atoms with E-state index in [2.05, 4.69) is 5.32 Å². The Morgan fingerprint density at radius 2 is 2.05 bits per heavy atom. The summed E-state index contributed by atoms with van der Waals surface area (Å²) in [6.45, 7) is 3.39. The van der Waals surface area contributed by atoms with Crippen LogP contribution in [-0.4, -0.2) is 53.9 Å². The minimum absolute atomic E-state index is 0.0370. The fraction of sp³-hybridized carbons (Fsp3) is 0.929. The number of nitrogens with one attached hydrogen (secondary N) is 1. The van der Waals surface area contributed by atoms with E-state index in [9.17, 15) is 23.1 Å². The van der Waals surface area contributed by atoms with Crippen LogP contribution in [0.15, 0.2) is 0 Å². The zero-order chi connectivity index (χ0) is 16.0. The Hall–Kier alpha value is -0.820. The summed E-state index contributed by atoms with van der Waals surface area (Å²) in [6.07, 6.45) is -2.69. The average molecular weight is 310 g/mol. The van der Waals surface area contributed by atoms with E-state index < -0.39 is 18.8 Å². The van der Waals surface area contributed by atoms with Crippen LogP contribution in [0.4, 0.5) is 13.2 Å². The third-order valence-corrected chi connectivity index (χ3v) is 3.86. The minimum atomic E-state index is -4.25. The van der Waals surface area contributed by atoms with Crippen molar-refractivity contribution in [1.29, 1.82) is 0 Å². The van der Waals surface area contributed by atoms with Crippen LogP contribution in [0.1, 0.15) is 39.5 Å². The monoisotopic (exact) mass is 310 g/mol. The number of rotatable bonds is 6. The summed E-state index contributed by atoms with van der Waals surface area (Å²) >= 11 is 0. The summed E-state index contributed by atoms with van der Waals surface area (Å²) in [5.41, 5.74) is 0. The molecule has 0 aromatic rings. The quantitative estimate of drug-likeness (QED) is 0.788. The topological polar surface area (TPSA) is 52.6 Å². The summed E-state index contributed by atoms with van der Waals surface area (Å²) in [5.74, 6) is -0.0144.